The smallest absolute Gasteiger partial charge is 0.151 e. The number of hydrogen-bond donors (Lipinski definition) is 1. The molecular formula is C16H18ClN3. The molecule has 0 atom stereocenters. The van der Waals surface area contributed by atoms with Gasteiger partial charge >= 0.3 is 0 Å². The zero-order valence-electron chi connectivity index (χ0n) is 11.6. The van der Waals surface area contributed by atoms with Crippen LogP contribution in [0.2, 0.25) is 5.02 Å². The van der Waals surface area contributed by atoms with Crippen molar-refractivity contribution in [2.45, 2.75) is 26.3 Å². The quantitative estimate of drug-likeness (QED) is 0.918. The summed E-state index contributed by atoms with van der Waals surface area (Å²) < 4.78 is 0. The molecule has 0 amide bonds. The fourth-order valence-electron chi connectivity index (χ4n) is 2.73. The van der Waals surface area contributed by atoms with Gasteiger partial charge in [0.25, 0.3) is 0 Å². The molecule has 0 bridgehead atoms. The molecule has 3 rings (SSSR count). The Hall–Kier alpha value is -1.58. The van der Waals surface area contributed by atoms with Crippen LogP contribution in [0.3, 0.4) is 0 Å². The Morgan fingerprint density at radius 3 is 2.95 bits per heavy atom. The van der Waals surface area contributed by atoms with Crippen molar-refractivity contribution in [2.24, 2.45) is 5.73 Å². The van der Waals surface area contributed by atoms with Gasteiger partial charge in [0.1, 0.15) is 0 Å². The Bertz CT molecular complexity index is 640. The third-order valence-electron chi connectivity index (χ3n) is 3.72. The Balaban J connectivity index is 2.04. The van der Waals surface area contributed by atoms with Gasteiger partial charge in [0, 0.05) is 25.0 Å². The van der Waals surface area contributed by atoms with Crippen LogP contribution in [0, 0.1) is 6.92 Å². The molecule has 1 aliphatic rings. The van der Waals surface area contributed by atoms with E-state index in [0.717, 1.165) is 30.8 Å². The van der Waals surface area contributed by atoms with Gasteiger partial charge in [-0.15, -0.1) is 0 Å². The Kier molecular flexibility index (Phi) is 3.64. The molecule has 0 radical (unpaired) electrons. The second-order valence-electron chi connectivity index (χ2n) is 5.24. The van der Waals surface area contributed by atoms with Crippen molar-refractivity contribution in [3.63, 3.8) is 0 Å². The zero-order chi connectivity index (χ0) is 14.1. The summed E-state index contributed by atoms with van der Waals surface area (Å²) in [6.07, 6.45) is 4.04. The lowest BCUT2D eigenvalue weighted by Crippen LogP contribution is -2.25. The number of benzene rings is 1. The highest BCUT2D eigenvalue weighted by atomic mass is 35.5. The third-order valence-corrected chi connectivity index (χ3v) is 4.00. The van der Waals surface area contributed by atoms with Crippen LogP contribution in [0.4, 0.5) is 11.5 Å². The molecule has 2 heterocycles. The van der Waals surface area contributed by atoms with Crippen molar-refractivity contribution in [1.82, 2.24) is 4.98 Å². The van der Waals surface area contributed by atoms with Gasteiger partial charge in [0.2, 0.25) is 0 Å². The van der Waals surface area contributed by atoms with Gasteiger partial charge in [-0.25, -0.2) is 4.98 Å². The molecule has 1 aromatic heterocycles. The van der Waals surface area contributed by atoms with Gasteiger partial charge in [0.05, 0.1) is 5.02 Å². The monoisotopic (exact) mass is 287 g/mol. The minimum Gasteiger partial charge on any atom is -0.326 e. The highest BCUT2D eigenvalue weighted by Crippen LogP contribution is 2.36. The molecule has 3 nitrogen and oxygen atoms in total. The van der Waals surface area contributed by atoms with E-state index >= 15 is 0 Å². The maximum absolute atomic E-state index is 6.38. The molecule has 0 aliphatic carbocycles. The van der Waals surface area contributed by atoms with Crippen molar-refractivity contribution in [1.29, 1.82) is 0 Å². The van der Waals surface area contributed by atoms with E-state index in [9.17, 15) is 0 Å². The minimum absolute atomic E-state index is 0.461. The van der Waals surface area contributed by atoms with Crippen LogP contribution >= 0.6 is 11.6 Å². The summed E-state index contributed by atoms with van der Waals surface area (Å²) in [6.45, 7) is 3.54. The summed E-state index contributed by atoms with van der Waals surface area (Å²) in [4.78, 5) is 6.72. The molecule has 2 aromatic rings. The first-order valence-electron chi connectivity index (χ1n) is 6.90. The van der Waals surface area contributed by atoms with E-state index in [-0.39, 0.29) is 0 Å². The lowest BCUT2D eigenvalue weighted by atomic mass is 9.99. The van der Waals surface area contributed by atoms with Gasteiger partial charge in [0.15, 0.2) is 5.82 Å². The second-order valence-corrected chi connectivity index (χ2v) is 5.65. The third kappa shape index (κ3) is 2.39. The topological polar surface area (TPSA) is 42.2 Å². The fourth-order valence-corrected chi connectivity index (χ4v) is 3.02. The van der Waals surface area contributed by atoms with Crippen LogP contribution < -0.4 is 10.6 Å². The predicted octanol–water partition coefficient (Wildman–Crippen LogP) is 3.59. The average Bonchev–Trinajstić information content (AvgIpc) is 2.46. The molecule has 2 N–H and O–H groups in total. The summed E-state index contributed by atoms with van der Waals surface area (Å²) in [6, 6.07) is 8.47. The van der Waals surface area contributed by atoms with E-state index in [2.05, 4.69) is 35.0 Å². The largest absolute Gasteiger partial charge is 0.326 e. The predicted molar refractivity (Wildman–Crippen MR) is 83.6 cm³/mol. The number of aromatic nitrogens is 1. The SMILES string of the molecule is Cc1ccc2c(c1)CCCN2c1ncc(CN)cc1Cl. The standard InChI is InChI=1S/C16H18ClN3/c1-11-4-5-15-13(7-11)3-2-6-20(15)16-14(17)8-12(9-18)10-19-16/h4-5,7-8,10H,2-3,6,9,18H2,1H3. The molecule has 1 aliphatic heterocycles. The van der Waals surface area contributed by atoms with E-state index in [4.69, 9.17) is 17.3 Å². The van der Waals surface area contributed by atoms with E-state index in [1.165, 1.54) is 16.8 Å². The molecule has 0 unspecified atom stereocenters. The van der Waals surface area contributed by atoms with Crippen molar-refractivity contribution in [3.05, 3.63) is 52.2 Å². The first-order valence-corrected chi connectivity index (χ1v) is 7.28. The number of aryl methyl sites for hydroxylation is 2. The molecule has 0 saturated heterocycles. The lowest BCUT2D eigenvalue weighted by molar-refractivity contribution is 0.758. The van der Waals surface area contributed by atoms with Gasteiger partial charge < -0.3 is 10.6 Å². The molecule has 1 aromatic carbocycles. The van der Waals surface area contributed by atoms with Crippen LogP contribution in [0.15, 0.2) is 30.5 Å². The van der Waals surface area contributed by atoms with Crippen molar-refractivity contribution < 1.29 is 0 Å². The summed E-state index contributed by atoms with van der Waals surface area (Å²) in [5, 5.41) is 0.668. The fraction of sp³-hybridized carbons (Fsp3) is 0.312. The van der Waals surface area contributed by atoms with Crippen LogP contribution in [0.1, 0.15) is 23.1 Å². The molecule has 20 heavy (non-hydrogen) atoms. The summed E-state index contributed by atoms with van der Waals surface area (Å²) in [5.41, 5.74) is 10.5. The van der Waals surface area contributed by atoms with E-state index in [0.29, 0.717) is 11.6 Å². The van der Waals surface area contributed by atoms with Crippen molar-refractivity contribution >= 4 is 23.1 Å². The Labute approximate surface area is 124 Å². The number of nitrogens with zero attached hydrogens (tertiary/aromatic N) is 2. The summed E-state index contributed by atoms with van der Waals surface area (Å²) in [5.74, 6) is 0.827. The van der Waals surface area contributed by atoms with Crippen LogP contribution in [0.25, 0.3) is 0 Å². The summed E-state index contributed by atoms with van der Waals surface area (Å²) in [7, 11) is 0. The van der Waals surface area contributed by atoms with Gasteiger partial charge in [-0.2, -0.15) is 0 Å². The molecular weight excluding hydrogens is 270 g/mol. The van der Waals surface area contributed by atoms with Crippen LogP contribution in [-0.2, 0) is 13.0 Å². The number of pyridine rings is 1. The maximum atomic E-state index is 6.38. The first-order chi connectivity index (χ1) is 9.69. The normalized spacial score (nSPS) is 14.2. The number of hydrogen-bond acceptors (Lipinski definition) is 3. The van der Waals surface area contributed by atoms with Gasteiger partial charge in [-0.3, -0.25) is 0 Å². The number of fused-ring (bicyclic) bond motifs is 1. The van der Waals surface area contributed by atoms with Crippen LogP contribution in [-0.4, -0.2) is 11.5 Å². The molecule has 4 heteroatoms. The van der Waals surface area contributed by atoms with Crippen molar-refractivity contribution in [3.8, 4) is 0 Å². The minimum atomic E-state index is 0.461. The summed E-state index contributed by atoms with van der Waals surface area (Å²) >= 11 is 6.38. The molecule has 0 saturated carbocycles. The number of anilines is 2. The first kappa shape index (κ1) is 13.4. The zero-order valence-corrected chi connectivity index (χ0v) is 12.3. The molecule has 0 spiro atoms. The van der Waals surface area contributed by atoms with E-state index < -0.39 is 0 Å². The average molecular weight is 288 g/mol. The Morgan fingerprint density at radius 1 is 1.35 bits per heavy atom. The van der Waals surface area contributed by atoms with Gasteiger partial charge in [-0.05, 0) is 43.0 Å². The maximum Gasteiger partial charge on any atom is 0.151 e. The highest BCUT2D eigenvalue weighted by molar-refractivity contribution is 6.33. The number of nitrogens with two attached hydrogens (primary N) is 1. The number of halogens is 1. The number of rotatable bonds is 2. The second kappa shape index (κ2) is 5.43. The van der Waals surface area contributed by atoms with Gasteiger partial charge in [-0.1, -0.05) is 29.3 Å². The van der Waals surface area contributed by atoms with Crippen molar-refractivity contribution in [2.75, 3.05) is 11.4 Å². The van der Waals surface area contributed by atoms with E-state index in [1.54, 1.807) is 0 Å². The Morgan fingerprint density at radius 2 is 2.20 bits per heavy atom. The van der Waals surface area contributed by atoms with E-state index in [1.807, 2.05) is 12.3 Å². The molecule has 104 valence electrons. The highest BCUT2D eigenvalue weighted by Gasteiger charge is 2.21. The molecule has 0 fully saturated rings. The lowest BCUT2D eigenvalue weighted by Gasteiger charge is -2.31. The van der Waals surface area contributed by atoms with Crippen LogP contribution in [0.5, 0.6) is 0 Å².